The molecule has 0 radical (unpaired) electrons. The van der Waals surface area contributed by atoms with Gasteiger partial charge in [0.1, 0.15) is 12.4 Å². The van der Waals surface area contributed by atoms with Crippen LogP contribution >= 0.6 is 0 Å². The van der Waals surface area contributed by atoms with Crippen molar-refractivity contribution in [1.82, 2.24) is 10.9 Å². The first-order chi connectivity index (χ1) is 14.7. The first-order valence-corrected chi connectivity index (χ1v) is 9.74. The largest absolute Gasteiger partial charge is 0.491 e. The number of carbonyl (C=O) groups is 2. The van der Waals surface area contributed by atoms with Gasteiger partial charge in [0.15, 0.2) is 0 Å². The highest BCUT2D eigenvalue weighted by Gasteiger charge is 2.10. The molecule has 2 N–H and O–H groups in total. The molecule has 3 rings (SSSR count). The maximum atomic E-state index is 12.3. The average molecular weight is 404 g/mol. The minimum atomic E-state index is -0.431. The van der Waals surface area contributed by atoms with E-state index < -0.39 is 11.8 Å². The zero-order valence-corrected chi connectivity index (χ0v) is 16.8. The van der Waals surface area contributed by atoms with E-state index in [0.717, 1.165) is 11.1 Å². The summed E-state index contributed by atoms with van der Waals surface area (Å²) in [5, 5.41) is 0. The van der Waals surface area contributed by atoms with E-state index in [-0.39, 0.29) is 0 Å². The first-order valence-electron chi connectivity index (χ1n) is 9.74. The molecule has 0 aliphatic carbocycles. The number of carbonyl (C=O) groups excluding carboxylic acids is 2. The van der Waals surface area contributed by atoms with Crippen LogP contribution in [0.1, 0.15) is 27.6 Å². The third-order valence-corrected chi connectivity index (χ3v) is 4.34. The summed E-state index contributed by atoms with van der Waals surface area (Å²) < 4.78 is 10.8. The number of hydrogen-bond donors (Lipinski definition) is 2. The Labute approximate surface area is 175 Å². The zero-order chi connectivity index (χ0) is 21.2. The summed E-state index contributed by atoms with van der Waals surface area (Å²) in [5.41, 5.74) is 7.77. The molecule has 0 aromatic heterocycles. The standard InChI is InChI=1S/C24H24N2O4/c1-2-29-15-16-30-22-10-6-9-21(17-22)24(28)26-25-23(27)20-13-11-19(12-14-20)18-7-4-3-5-8-18/h3-14,17H,2,15-16H2,1H3,(H,25,27)(H,26,28). The van der Waals surface area contributed by atoms with E-state index >= 15 is 0 Å². The van der Waals surface area contributed by atoms with Gasteiger partial charge in [0, 0.05) is 17.7 Å². The highest BCUT2D eigenvalue weighted by Crippen LogP contribution is 2.19. The van der Waals surface area contributed by atoms with Gasteiger partial charge in [-0.25, -0.2) is 0 Å². The van der Waals surface area contributed by atoms with Crippen LogP contribution in [0.15, 0.2) is 78.9 Å². The molecule has 2 amide bonds. The Balaban J connectivity index is 1.53. The maximum absolute atomic E-state index is 12.3. The van der Waals surface area contributed by atoms with Crippen LogP contribution in [0.2, 0.25) is 0 Å². The smallest absolute Gasteiger partial charge is 0.269 e. The number of amides is 2. The summed E-state index contributed by atoms with van der Waals surface area (Å²) in [6, 6.07) is 23.8. The average Bonchev–Trinajstić information content (AvgIpc) is 2.81. The minimum absolute atomic E-state index is 0.378. The molecule has 154 valence electrons. The van der Waals surface area contributed by atoms with E-state index in [1.807, 2.05) is 49.4 Å². The fraction of sp³-hybridized carbons (Fsp3) is 0.167. The van der Waals surface area contributed by atoms with Gasteiger partial charge in [-0.2, -0.15) is 0 Å². The van der Waals surface area contributed by atoms with E-state index in [0.29, 0.717) is 36.7 Å². The Bertz CT molecular complexity index is 972. The molecule has 0 aliphatic rings. The summed E-state index contributed by atoms with van der Waals surface area (Å²) in [5.74, 6) is -0.267. The fourth-order valence-electron chi connectivity index (χ4n) is 2.79. The number of rotatable bonds is 8. The summed E-state index contributed by atoms with van der Waals surface area (Å²) in [6.07, 6.45) is 0. The molecule has 3 aromatic carbocycles. The number of nitrogens with one attached hydrogen (secondary N) is 2. The summed E-state index contributed by atoms with van der Waals surface area (Å²) in [6.45, 7) is 3.41. The lowest BCUT2D eigenvalue weighted by Gasteiger charge is -2.10. The highest BCUT2D eigenvalue weighted by atomic mass is 16.5. The summed E-state index contributed by atoms with van der Waals surface area (Å²) in [7, 11) is 0. The van der Waals surface area contributed by atoms with E-state index in [9.17, 15) is 9.59 Å². The number of hydrogen-bond acceptors (Lipinski definition) is 4. The molecule has 0 unspecified atom stereocenters. The van der Waals surface area contributed by atoms with E-state index in [1.54, 1.807) is 36.4 Å². The van der Waals surface area contributed by atoms with Crippen LogP contribution in [-0.4, -0.2) is 31.6 Å². The van der Waals surface area contributed by atoms with Crippen LogP contribution in [0.4, 0.5) is 0 Å². The Morgan fingerprint density at radius 1 is 0.733 bits per heavy atom. The van der Waals surface area contributed by atoms with E-state index in [2.05, 4.69) is 10.9 Å². The second kappa shape index (κ2) is 10.8. The predicted molar refractivity (Wildman–Crippen MR) is 115 cm³/mol. The quantitative estimate of drug-likeness (QED) is 0.442. The van der Waals surface area contributed by atoms with E-state index in [1.165, 1.54) is 0 Å². The van der Waals surface area contributed by atoms with Crippen molar-refractivity contribution >= 4 is 11.8 Å². The lowest BCUT2D eigenvalue weighted by atomic mass is 10.0. The number of benzene rings is 3. The molecule has 6 heteroatoms. The Hall–Kier alpha value is -3.64. The van der Waals surface area contributed by atoms with E-state index in [4.69, 9.17) is 9.47 Å². The number of hydrazine groups is 1. The van der Waals surface area contributed by atoms with Crippen molar-refractivity contribution in [1.29, 1.82) is 0 Å². The molecule has 0 atom stereocenters. The lowest BCUT2D eigenvalue weighted by Crippen LogP contribution is -2.41. The predicted octanol–water partition coefficient (Wildman–Crippen LogP) is 3.84. The van der Waals surface area contributed by atoms with Crippen molar-refractivity contribution < 1.29 is 19.1 Å². The van der Waals surface area contributed by atoms with Crippen LogP contribution < -0.4 is 15.6 Å². The highest BCUT2D eigenvalue weighted by molar-refractivity contribution is 5.99. The van der Waals surface area contributed by atoms with Gasteiger partial charge in [-0.15, -0.1) is 0 Å². The van der Waals surface area contributed by atoms with Crippen molar-refractivity contribution in [3.63, 3.8) is 0 Å². The Morgan fingerprint density at radius 2 is 1.40 bits per heavy atom. The van der Waals surface area contributed by atoms with Crippen LogP contribution in [-0.2, 0) is 4.74 Å². The molecule has 0 bridgehead atoms. The van der Waals surface area contributed by atoms with Gasteiger partial charge in [0.2, 0.25) is 0 Å². The minimum Gasteiger partial charge on any atom is -0.491 e. The van der Waals surface area contributed by atoms with Crippen molar-refractivity contribution in [2.75, 3.05) is 19.8 Å². The van der Waals surface area contributed by atoms with Gasteiger partial charge >= 0.3 is 0 Å². The third kappa shape index (κ3) is 5.93. The Kier molecular flexibility index (Phi) is 7.58. The van der Waals surface area contributed by atoms with Crippen LogP contribution in [0.25, 0.3) is 11.1 Å². The molecule has 6 nitrogen and oxygen atoms in total. The number of ether oxygens (including phenoxy) is 2. The second-order valence-corrected chi connectivity index (χ2v) is 6.42. The first kappa shape index (κ1) is 21.1. The molecule has 30 heavy (non-hydrogen) atoms. The summed E-state index contributed by atoms with van der Waals surface area (Å²) in [4.78, 5) is 24.7. The third-order valence-electron chi connectivity index (χ3n) is 4.34. The normalized spacial score (nSPS) is 10.3. The van der Waals surface area contributed by atoms with Crippen LogP contribution in [0.5, 0.6) is 5.75 Å². The molecule has 3 aromatic rings. The molecular formula is C24H24N2O4. The molecule has 0 heterocycles. The maximum Gasteiger partial charge on any atom is 0.269 e. The molecular weight excluding hydrogens is 380 g/mol. The van der Waals surface area contributed by atoms with Gasteiger partial charge in [-0.05, 0) is 48.4 Å². The molecule has 0 fully saturated rings. The van der Waals surface area contributed by atoms with Crippen molar-refractivity contribution in [2.24, 2.45) is 0 Å². The van der Waals surface area contributed by atoms with Gasteiger partial charge in [0.25, 0.3) is 11.8 Å². The SMILES string of the molecule is CCOCCOc1cccc(C(=O)NNC(=O)c2ccc(-c3ccccc3)cc2)c1. The topological polar surface area (TPSA) is 76.7 Å². The van der Waals surface area contributed by atoms with Crippen molar-refractivity contribution in [3.05, 3.63) is 90.0 Å². The van der Waals surface area contributed by atoms with Crippen LogP contribution in [0, 0.1) is 0 Å². The second-order valence-electron chi connectivity index (χ2n) is 6.42. The van der Waals surface area contributed by atoms with Gasteiger partial charge < -0.3 is 9.47 Å². The van der Waals surface area contributed by atoms with Crippen molar-refractivity contribution in [2.45, 2.75) is 6.92 Å². The molecule has 0 saturated heterocycles. The van der Waals surface area contributed by atoms with Crippen molar-refractivity contribution in [3.8, 4) is 16.9 Å². The zero-order valence-electron chi connectivity index (χ0n) is 16.8. The molecule has 0 spiro atoms. The molecule has 0 aliphatic heterocycles. The van der Waals surface area contributed by atoms with Gasteiger partial charge in [-0.1, -0.05) is 48.5 Å². The monoisotopic (exact) mass is 404 g/mol. The Morgan fingerprint density at radius 3 is 2.10 bits per heavy atom. The lowest BCUT2D eigenvalue weighted by molar-refractivity contribution is 0.0846. The molecule has 0 saturated carbocycles. The van der Waals surface area contributed by atoms with Gasteiger partial charge in [-0.3, -0.25) is 20.4 Å². The van der Waals surface area contributed by atoms with Crippen LogP contribution in [0.3, 0.4) is 0 Å². The summed E-state index contributed by atoms with van der Waals surface area (Å²) >= 11 is 0. The fourth-order valence-corrected chi connectivity index (χ4v) is 2.79. The van der Waals surface area contributed by atoms with Gasteiger partial charge in [0.05, 0.1) is 6.61 Å².